The molecule has 0 spiro atoms. The Morgan fingerprint density at radius 2 is 0.742 bits per heavy atom. The summed E-state index contributed by atoms with van der Waals surface area (Å²) in [6.45, 7) is 0. The van der Waals surface area contributed by atoms with Gasteiger partial charge < -0.3 is 9.13 Å². The van der Waals surface area contributed by atoms with Crippen LogP contribution in [-0.2, 0) is 0 Å². The summed E-state index contributed by atoms with van der Waals surface area (Å²) in [4.78, 5) is 9.91. The predicted octanol–water partition coefficient (Wildman–Crippen LogP) is 14.7. The van der Waals surface area contributed by atoms with Crippen LogP contribution in [0.1, 0.15) is 11.1 Å². The SMILES string of the molecule is N#Cc1cc(-c2ccc(-c3cc(-c4ccccc4)nc(-c4ccccc4)n3)cc2)cc(C#N)c1-c1ccc(-n2c3ccccc3c3cc(-n4c5ccccc5c5ccccc54)ccc32)cc1. The van der Waals surface area contributed by atoms with Gasteiger partial charge in [-0.3, -0.25) is 0 Å². The van der Waals surface area contributed by atoms with Gasteiger partial charge in [-0.25, -0.2) is 9.97 Å². The largest absolute Gasteiger partial charge is 0.309 e. The van der Waals surface area contributed by atoms with Crippen molar-refractivity contribution in [3.8, 4) is 79.7 Å². The lowest BCUT2D eigenvalue weighted by Gasteiger charge is -2.13. The molecule has 0 radical (unpaired) electrons. The van der Waals surface area contributed by atoms with E-state index in [4.69, 9.17) is 9.97 Å². The summed E-state index contributed by atoms with van der Waals surface area (Å²) in [7, 11) is 0. The third kappa shape index (κ3) is 6.41. The van der Waals surface area contributed by atoms with Gasteiger partial charge in [0, 0.05) is 55.2 Å². The topological polar surface area (TPSA) is 83.2 Å². The Hall–Kier alpha value is -9.36. The summed E-state index contributed by atoms with van der Waals surface area (Å²) in [5.41, 5.74) is 15.1. The number of hydrogen-bond donors (Lipinski definition) is 0. The van der Waals surface area contributed by atoms with E-state index >= 15 is 0 Å². The summed E-state index contributed by atoms with van der Waals surface area (Å²) < 4.78 is 4.65. The molecule has 0 N–H and O–H groups in total. The molecule has 306 valence electrons. The number of nitriles is 2. The Kier molecular flexibility index (Phi) is 9.16. The highest BCUT2D eigenvalue weighted by molar-refractivity contribution is 6.12. The molecule has 0 aliphatic carbocycles. The smallest absolute Gasteiger partial charge is 0.160 e. The van der Waals surface area contributed by atoms with E-state index in [1.165, 1.54) is 21.8 Å². The Bertz CT molecular complexity index is 3780. The zero-order valence-corrected chi connectivity index (χ0v) is 35.5. The fraction of sp³-hybridized carbons (Fsp3) is 0. The molecule has 0 saturated heterocycles. The van der Waals surface area contributed by atoms with E-state index in [0.29, 0.717) is 22.5 Å². The second kappa shape index (κ2) is 15.8. The van der Waals surface area contributed by atoms with E-state index in [2.05, 4.69) is 137 Å². The first-order valence-electron chi connectivity index (χ1n) is 21.8. The number of rotatable bonds is 7. The van der Waals surface area contributed by atoms with Gasteiger partial charge >= 0.3 is 0 Å². The standard InChI is InChI=1S/C60H36N6/c61-37-45-33-44(39-23-25-41(26-24-39)54-36-53(40-13-3-1-4-14-40)63-60(64-54)43-15-5-2-6-16-43)34-46(38-62)59(45)42-27-29-47(30-28-42)65-57-22-12-9-19-51(57)52-35-48(31-32-58(52)65)66-55-20-10-7-17-49(55)50-18-8-11-21-56(50)66/h1-36H. The van der Waals surface area contributed by atoms with Gasteiger partial charge in [0.25, 0.3) is 0 Å². The van der Waals surface area contributed by atoms with E-state index < -0.39 is 0 Å². The molecule has 9 aromatic carbocycles. The molecule has 3 heterocycles. The van der Waals surface area contributed by atoms with Crippen molar-refractivity contribution >= 4 is 43.6 Å². The zero-order valence-electron chi connectivity index (χ0n) is 35.5. The first-order valence-corrected chi connectivity index (χ1v) is 21.8. The van der Waals surface area contributed by atoms with Crippen LogP contribution in [-0.4, -0.2) is 19.1 Å². The van der Waals surface area contributed by atoms with Crippen LogP contribution in [0.15, 0.2) is 218 Å². The maximum absolute atomic E-state index is 10.6. The maximum Gasteiger partial charge on any atom is 0.160 e. The van der Waals surface area contributed by atoms with Crippen molar-refractivity contribution in [2.24, 2.45) is 0 Å². The minimum absolute atomic E-state index is 0.436. The van der Waals surface area contributed by atoms with Crippen LogP contribution in [0.4, 0.5) is 0 Å². The predicted molar refractivity (Wildman–Crippen MR) is 267 cm³/mol. The van der Waals surface area contributed by atoms with Gasteiger partial charge in [-0.05, 0) is 83.4 Å². The average molecular weight is 841 g/mol. The molecule has 0 amide bonds. The van der Waals surface area contributed by atoms with Crippen LogP contribution in [0.3, 0.4) is 0 Å². The Balaban J connectivity index is 0.891. The van der Waals surface area contributed by atoms with Crippen LogP contribution in [0.25, 0.3) is 111 Å². The molecule has 66 heavy (non-hydrogen) atoms. The van der Waals surface area contributed by atoms with Crippen molar-refractivity contribution in [2.45, 2.75) is 0 Å². The van der Waals surface area contributed by atoms with Crippen molar-refractivity contribution in [2.75, 3.05) is 0 Å². The molecule has 0 fully saturated rings. The number of para-hydroxylation sites is 3. The first kappa shape index (κ1) is 38.3. The van der Waals surface area contributed by atoms with E-state index in [1.54, 1.807) is 0 Å². The molecular formula is C60H36N6. The molecule has 6 nitrogen and oxygen atoms in total. The quantitative estimate of drug-likeness (QED) is 0.160. The van der Waals surface area contributed by atoms with Crippen molar-refractivity contribution in [3.05, 3.63) is 230 Å². The molecule has 0 atom stereocenters. The minimum atomic E-state index is 0.436. The van der Waals surface area contributed by atoms with Gasteiger partial charge in [-0.1, -0.05) is 152 Å². The van der Waals surface area contributed by atoms with Gasteiger partial charge in [-0.15, -0.1) is 0 Å². The summed E-state index contributed by atoms with van der Waals surface area (Å²) in [6, 6.07) is 79.4. The molecule has 12 rings (SSSR count). The normalized spacial score (nSPS) is 11.3. The zero-order chi connectivity index (χ0) is 44.1. The monoisotopic (exact) mass is 840 g/mol. The lowest BCUT2D eigenvalue weighted by atomic mass is 9.90. The minimum Gasteiger partial charge on any atom is -0.309 e. The fourth-order valence-electron chi connectivity index (χ4n) is 9.55. The van der Waals surface area contributed by atoms with Crippen LogP contribution < -0.4 is 0 Å². The van der Waals surface area contributed by atoms with E-state index in [9.17, 15) is 10.5 Å². The van der Waals surface area contributed by atoms with Crippen LogP contribution in [0.5, 0.6) is 0 Å². The molecule has 0 bridgehead atoms. The van der Waals surface area contributed by atoms with Crippen molar-refractivity contribution in [1.82, 2.24) is 19.1 Å². The van der Waals surface area contributed by atoms with Gasteiger partial charge in [0.15, 0.2) is 5.82 Å². The first-order chi connectivity index (χ1) is 32.6. The molecule has 12 aromatic rings. The van der Waals surface area contributed by atoms with E-state index in [1.807, 2.05) is 103 Å². The van der Waals surface area contributed by atoms with Crippen molar-refractivity contribution < 1.29 is 0 Å². The van der Waals surface area contributed by atoms with Gasteiger partial charge in [0.05, 0.1) is 56.7 Å². The molecule has 0 unspecified atom stereocenters. The highest BCUT2D eigenvalue weighted by Gasteiger charge is 2.19. The number of fused-ring (bicyclic) bond motifs is 6. The molecule has 6 heteroatoms. The average Bonchev–Trinajstić information content (AvgIpc) is 3.91. The third-order valence-corrected chi connectivity index (χ3v) is 12.6. The van der Waals surface area contributed by atoms with Crippen LogP contribution in [0.2, 0.25) is 0 Å². The molecule has 0 aliphatic heterocycles. The molecular weight excluding hydrogens is 805 g/mol. The second-order valence-corrected chi connectivity index (χ2v) is 16.4. The Morgan fingerprint density at radius 3 is 1.30 bits per heavy atom. The maximum atomic E-state index is 10.6. The number of aromatic nitrogens is 4. The molecule has 3 aromatic heterocycles. The van der Waals surface area contributed by atoms with E-state index in [-0.39, 0.29) is 0 Å². The van der Waals surface area contributed by atoms with Crippen molar-refractivity contribution in [3.63, 3.8) is 0 Å². The molecule has 0 aliphatic rings. The van der Waals surface area contributed by atoms with Gasteiger partial charge in [0.1, 0.15) is 0 Å². The van der Waals surface area contributed by atoms with Gasteiger partial charge in [-0.2, -0.15) is 10.5 Å². The Labute approximate surface area is 380 Å². The highest BCUT2D eigenvalue weighted by atomic mass is 15.0. The Morgan fingerprint density at radius 1 is 0.318 bits per heavy atom. The number of nitrogens with zero attached hydrogens (tertiary/aromatic N) is 6. The van der Waals surface area contributed by atoms with Crippen LogP contribution >= 0.6 is 0 Å². The molecule has 0 saturated carbocycles. The summed E-state index contributed by atoms with van der Waals surface area (Å²) in [6.07, 6.45) is 0. The number of hydrogen-bond acceptors (Lipinski definition) is 4. The van der Waals surface area contributed by atoms with Gasteiger partial charge in [0.2, 0.25) is 0 Å². The second-order valence-electron chi connectivity index (χ2n) is 16.4. The van der Waals surface area contributed by atoms with Crippen molar-refractivity contribution in [1.29, 1.82) is 10.5 Å². The summed E-state index contributed by atoms with van der Waals surface area (Å²) >= 11 is 0. The fourth-order valence-corrected chi connectivity index (χ4v) is 9.55. The lowest BCUT2D eigenvalue weighted by Crippen LogP contribution is -1.97. The highest BCUT2D eigenvalue weighted by Crippen LogP contribution is 2.39. The van der Waals surface area contributed by atoms with Crippen LogP contribution in [0, 0.1) is 22.7 Å². The third-order valence-electron chi connectivity index (χ3n) is 12.6. The number of benzene rings is 9. The van der Waals surface area contributed by atoms with E-state index in [0.717, 1.165) is 77.9 Å². The summed E-state index contributed by atoms with van der Waals surface area (Å²) in [5.74, 6) is 0.650. The lowest BCUT2D eigenvalue weighted by molar-refractivity contribution is 1.17. The summed E-state index contributed by atoms with van der Waals surface area (Å²) in [5, 5.41) is 25.9.